The Hall–Kier alpha value is -1.75. The second-order valence-electron chi connectivity index (χ2n) is 3.90. The second-order valence-corrected chi connectivity index (χ2v) is 4.75. The van der Waals surface area contributed by atoms with Crippen molar-refractivity contribution < 1.29 is 9.84 Å². The van der Waals surface area contributed by atoms with E-state index in [-0.39, 0.29) is 5.75 Å². The maximum absolute atomic E-state index is 9.87. The van der Waals surface area contributed by atoms with Crippen molar-refractivity contribution in [2.24, 2.45) is 4.99 Å². The molecule has 0 bridgehead atoms. The lowest BCUT2D eigenvalue weighted by Crippen LogP contribution is -2.03. The summed E-state index contributed by atoms with van der Waals surface area (Å²) in [6, 6.07) is 10.6. The van der Waals surface area contributed by atoms with E-state index < -0.39 is 0 Å². The minimum atomic E-state index is 0.117. The highest BCUT2D eigenvalue weighted by atomic mass is 79.9. The summed E-state index contributed by atoms with van der Waals surface area (Å²) in [5.41, 5.74) is 1.88. The molecule has 0 heterocycles. The van der Waals surface area contributed by atoms with Gasteiger partial charge < -0.3 is 9.84 Å². The molecule has 0 saturated heterocycles. The molecule has 0 saturated carbocycles. The molecule has 0 amide bonds. The van der Waals surface area contributed by atoms with E-state index in [0.717, 1.165) is 11.4 Å². The average Bonchev–Trinajstić information content (AvgIpc) is 2.41. The topological polar surface area (TPSA) is 41.8 Å². The van der Waals surface area contributed by atoms with Crippen molar-refractivity contribution in [3.63, 3.8) is 0 Å². The largest absolute Gasteiger partial charge is 0.506 e. The Morgan fingerprint density at radius 2 is 1.95 bits per heavy atom. The summed E-state index contributed by atoms with van der Waals surface area (Å²) >= 11 is 3.23. The van der Waals surface area contributed by atoms with E-state index in [2.05, 4.69) is 20.9 Å². The number of phenolic OH excluding ortho intramolecular Hbond substituents is 1. The quantitative estimate of drug-likeness (QED) is 0.699. The summed E-state index contributed by atoms with van der Waals surface area (Å²) in [5, 5.41) is 9.87. The fourth-order valence-electron chi connectivity index (χ4n) is 1.55. The van der Waals surface area contributed by atoms with Crippen LogP contribution in [0.4, 0.5) is 5.69 Å². The number of aromatic hydroxyl groups is 1. The zero-order valence-corrected chi connectivity index (χ0v) is 11.9. The zero-order chi connectivity index (χ0) is 13.8. The lowest BCUT2D eigenvalue weighted by molar-refractivity contribution is 0.415. The molecule has 19 heavy (non-hydrogen) atoms. The van der Waals surface area contributed by atoms with Crippen LogP contribution in [0.15, 0.2) is 45.9 Å². The van der Waals surface area contributed by atoms with Gasteiger partial charge in [-0.2, -0.15) is 0 Å². The van der Waals surface area contributed by atoms with E-state index in [1.54, 1.807) is 25.5 Å². The summed E-state index contributed by atoms with van der Waals surface area (Å²) in [6.45, 7) is 0. The Morgan fingerprint density at radius 3 is 2.58 bits per heavy atom. The van der Waals surface area contributed by atoms with Crippen molar-refractivity contribution in [3.05, 3.63) is 46.4 Å². The fourth-order valence-corrected chi connectivity index (χ4v) is 2.05. The van der Waals surface area contributed by atoms with Gasteiger partial charge in [-0.3, -0.25) is 4.99 Å². The molecule has 0 aliphatic carbocycles. The van der Waals surface area contributed by atoms with Crippen LogP contribution in [0.25, 0.3) is 0 Å². The molecule has 0 aromatic heterocycles. The number of rotatable bonds is 3. The van der Waals surface area contributed by atoms with Crippen molar-refractivity contribution in [1.29, 1.82) is 0 Å². The Kier molecular flexibility index (Phi) is 4.27. The first-order valence-corrected chi connectivity index (χ1v) is 6.35. The first-order chi connectivity index (χ1) is 9.10. The smallest absolute Gasteiger partial charge is 0.138 e. The number of methoxy groups -OCH3 is 1. The van der Waals surface area contributed by atoms with E-state index in [1.807, 2.05) is 24.3 Å². The van der Waals surface area contributed by atoms with Crippen LogP contribution in [-0.2, 0) is 0 Å². The maximum atomic E-state index is 9.87. The molecule has 0 aliphatic rings. The van der Waals surface area contributed by atoms with Crippen LogP contribution in [0.5, 0.6) is 11.5 Å². The lowest BCUT2D eigenvalue weighted by atomic mass is 9.94. The van der Waals surface area contributed by atoms with Crippen molar-refractivity contribution in [1.82, 2.24) is 0 Å². The van der Waals surface area contributed by atoms with Gasteiger partial charge in [0.1, 0.15) is 19.3 Å². The van der Waals surface area contributed by atoms with Crippen LogP contribution in [0, 0.1) is 0 Å². The van der Waals surface area contributed by atoms with Crippen molar-refractivity contribution in [3.8, 4) is 11.5 Å². The van der Waals surface area contributed by atoms with E-state index in [4.69, 9.17) is 12.6 Å². The molecular weight excluding hydrogens is 305 g/mol. The van der Waals surface area contributed by atoms with Crippen molar-refractivity contribution >= 4 is 41.1 Å². The predicted octanol–water partition coefficient (Wildman–Crippen LogP) is 2.71. The molecule has 3 nitrogen and oxygen atoms in total. The lowest BCUT2D eigenvalue weighted by Gasteiger charge is -2.04. The Labute approximate surface area is 121 Å². The number of ether oxygens (including phenoxy) is 1. The van der Waals surface area contributed by atoms with Crippen LogP contribution in [0.1, 0.15) is 5.56 Å². The maximum Gasteiger partial charge on any atom is 0.138 e. The number of hydrogen-bond donors (Lipinski definition) is 1. The van der Waals surface area contributed by atoms with Gasteiger partial charge in [0.25, 0.3) is 0 Å². The Balaban J connectivity index is 2.27. The van der Waals surface area contributed by atoms with Gasteiger partial charge in [0.2, 0.25) is 0 Å². The molecule has 0 fully saturated rings. The van der Waals surface area contributed by atoms with Crippen LogP contribution in [0.2, 0.25) is 0 Å². The summed E-state index contributed by atoms with van der Waals surface area (Å²) in [7, 11) is 7.33. The molecule has 0 aliphatic heterocycles. The number of aliphatic imine (C=N–C) groups is 1. The van der Waals surface area contributed by atoms with Gasteiger partial charge in [0.05, 0.1) is 17.3 Å². The average molecular weight is 316 g/mol. The summed E-state index contributed by atoms with van der Waals surface area (Å²) in [4.78, 5) is 4.28. The molecule has 5 heteroatoms. The Morgan fingerprint density at radius 1 is 1.26 bits per heavy atom. The van der Waals surface area contributed by atoms with Crippen LogP contribution in [-0.4, -0.2) is 26.3 Å². The minimum Gasteiger partial charge on any atom is -0.506 e. The van der Waals surface area contributed by atoms with Gasteiger partial charge in [-0.15, -0.1) is 0 Å². The van der Waals surface area contributed by atoms with Gasteiger partial charge in [0, 0.05) is 11.8 Å². The molecule has 0 spiro atoms. The molecule has 2 aromatic carbocycles. The number of halogens is 1. The minimum absolute atomic E-state index is 0.117. The van der Waals surface area contributed by atoms with Gasteiger partial charge >= 0.3 is 0 Å². The highest BCUT2D eigenvalue weighted by molar-refractivity contribution is 9.10. The third-order valence-corrected chi connectivity index (χ3v) is 3.14. The first kappa shape index (κ1) is 13.7. The van der Waals surface area contributed by atoms with Crippen LogP contribution < -0.4 is 10.2 Å². The van der Waals surface area contributed by atoms with Gasteiger partial charge in [-0.1, -0.05) is 17.6 Å². The normalized spacial score (nSPS) is 10.8. The number of hydrogen-bond acceptors (Lipinski definition) is 3. The van der Waals surface area contributed by atoms with Crippen molar-refractivity contribution in [2.45, 2.75) is 0 Å². The SMILES string of the molecule is [B]c1cc(Br)c(O)c(C=Nc2ccc(OC)cc2)c1. The molecular formula is C14H11BBrNO2. The molecule has 2 aromatic rings. The van der Waals surface area contributed by atoms with Crippen LogP contribution >= 0.6 is 15.9 Å². The van der Waals surface area contributed by atoms with Crippen LogP contribution in [0.3, 0.4) is 0 Å². The summed E-state index contributed by atoms with van der Waals surface area (Å²) in [5.74, 6) is 0.889. The van der Waals surface area contributed by atoms with E-state index in [0.29, 0.717) is 15.5 Å². The predicted molar refractivity (Wildman–Crippen MR) is 81.4 cm³/mol. The standard InChI is InChI=1S/C14H11BBrNO2/c1-19-12-4-2-11(3-5-12)17-8-9-6-10(15)7-13(16)14(9)18/h2-8,18H,1H3. The molecule has 0 atom stereocenters. The Bertz CT molecular complexity index is 612. The third-order valence-electron chi connectivity index (χ3n) is 2.54. The summed E-state index contributed by atoms with van der Waals surface area (Å²) in [6.07, 6.45) is 1.57. The zero-order valence-electron chi connectivity index (χ0n) is 10.3. The fraction of sp³-hybridized carbons (Fsp3) is 0.0714. The molecule has 2 radical (unpaired) electrons. The summed E-state index contributed by atoms with van der Waals surface area (Å²) < 4.78 is 5.61. The molecule has 94 valence electrons. The second kappa shape index (κ2) is 5.93. The molecule has 0 unspecified atom stereocenters. The highest BCUT2D eigenvalue weighted by Gasteiger charge is 2.04. The highest BCUT2D eigenvalue weighted by Crippen LogP contribution is 2.26. The van der Waals surface area contributed by atoms with E-state index in [9.17, 15) is 5.11 Å². The first-order valence-electron chi connectivity index (χ1n) is 5.56. The molecule has 2 rings (SSSR count). The number of benzene rings is 2. The van der Waals surface area contributed by atoms with Gasteiger partial charge in [0.15, 0.2) is 0 Å². The monoisotopic (exact) mass is 315 g/mol. The van der Waals surface area contributed by atoms with Gasteiger partial charge in [-0.25, -0.2) is 0 Å². The van der Waals surface area contributed by atoms with E-state index >= 15 is 0 Å². The number of nitrogens with zero attached hydrogens (tertiary/aromatic N) is 1. The van der Waals surface area contributed by atoms with E-state index in [1.165, 1.54) is 0 Å². The molecule has 1 N–H and O–H groups in total. The van der Waals surface area contributed by atoms with Crippen molar-refractivity contribution in [2.75, 3.05) is 7.11 Å². The third kappa shape index (κ3) is 3.38. The van der Waals surface area contributed by atoms with Gasteiger partial charge in [-0.05, 0) is 40.2 Å². The number of phenols is 1.